The molecule has 0 rings (SSSR count). The van der Waals surface area contributed by atoms with E-state index in [1.165, 1.54) is 25.7 Å². The first kappa shape index (κ1) is 21.2. The van der Waals surface area contributed by atoms with Crippen molar-refractivity contribution >= 4 is 0 Å². The standard InChI is InChI=1S/C8H18O.C4H11N.CH4O/c1-3-5-7-9-8-6-4-2;1-3-5-4-2;1-2/h3-8H2,1-2H3;5H,3-4H2,1-2H3;2H,1H3. The van der Waals surface area contributed by atoms with Gasteiger partial charge in [-0.15, -0.1) is 0 Å². The van der Waals surface area contributed by atoms with Gasteiger partial charge in [0.2, 0.25) is 0 Å². The van der Waals surface area contributed by atoms with Crippen molar-refractivity contribution in [2.75, 3.05) is 33.4 Å². The Morgan fingerprint density at radius 3 is 1.38 bits per heavy atom. The Bertz CT molecular complexity index is 72.3. The van der Waals surface area contributed by atoms with Crippen molar-refractivity contribution in [2.24, 2.45) is 0 Å². The molecule has 2 N–H and O–H groups in total. The van der Waals surface area contributed by atoms with Crippen molar-refractivity contribution in [3.05, 3.63) is 0 Å². The maximum Gasteiger partial charge on any atom is 0.0465 e. The summed E-state index contributed by atoms with van der Waals surface area (Å²) in [6.45, 7) is 12.7. The van der Waals surface area contributed by atoms with E-state index in [1.807, 2.05) is 0 Å². The molecule has 0 aliphatic carbocycles. The normalized spacial score (nSPS) is 8.62. The zero-order valence-corrected chi connectivity index (χ0v) is 12.0. The molecule has 3 heteroatoms. The average Bonchev–Trinajstić information content (AvgIpc) is 2.33. The lowest BCUT2D eigenvalue weighted by molar-refractivity contribution is 0.128. The van der Waals surface area contributed by atoms with Crippen LogP contribution >= 0.6 is 0 Å². The molecule has 3 nitrogen and oxygen atoms in total. The van der Waals surface area contributed by atoms with Gasteiger partial charge < -0.3 is 15.2 Å². The van der Waals surface area contributed by atoms with Gasteiger partial charge >= 0.3 is 0 Å². The second-order valence-corrected chi connectivity index (χ2v) is 3.28. The largest absolute Gasteiger partial charge is 0.400 e. The van der Waals surface area contributed by atoms with Crippen LogP contribution in [0.15, 0.2) is 0 Å². The van der Waals surface area contributed by atoms with Crippen molar-refractivity contribution in [2.45, 2.75) is 53.4 Å². The number of hydrogen-bond donors (Lipinski definition) is 2. The molecule has 0 aliphatic rings. The van der Waals surface area contributed by atoms with E-state index in [4.69, 9.17) is 9.84 Å². The van der Waals surface area contributed by atoms with Gasteiger partial charge in [-0.05, 0) is 25.9 Å². The van der Waals surface area contributed by atoms with Crippen LogP contribution < -0.4 is 5.32 Å². The van der Waals surface area contributed by atoms with E-state index < -0.39 is 0 Å². The Labute approximate surface area is 103 Å². The van der Waals surface area contributed by atoms with Gasteiger partial charge in [0.05, 0.1) is 0 Å². The molecule has 0 saturated carbocycles. The van der Waals surface area contributed by atoms with Gasteiger partial charge in [-0.3, -0.25) is 0 Å². The summed E-state index contributed by atoms with van der Waals surface area (Å²) in [6.07, 6.45) is 4.91. The quantitative estimate of drug-likeness (QED) is 0.636. The minimum atomic E-state index is 0.955. The molecule has 0 fully saturated rings. The Morgan fingerprint density at radius 2 is 1.19 bits per heavy atom. The van der Waals surface area contributed by atoms with Gasteiger partial charge in [-0.25, -0.2) is 0 Å². The Balaban J connectivity index is -0.000000205. The van der Waals surface area contributed by atoms with Crippen molar-refractivity contribution in [1.29, 1.82) is 0 Å². The SMILES string of the molecule is CCCCOCCCC.CCNCC.CO. The number of nitrogens with one attached hydrogen (secondary N) is 1. The third-order valence-corrected chi connectivity index (χ3v) is 1.78. The fraction of sp³-hybridized carbons (Fsp3) is 1.00. The topological polar surface area (TPSA) is 41.5 Å². The van der Waals surface area contributed by atoms with Crippen molar-refractivity contribution < 1.29 is 9.84 Å². The zero-order chi connectivity index (χ0) is 13.1. The van der Waals surface area contributed by atoms with Gasteiger partial charge in [-0.1, -0.05) is 40.5 Å². The Morgan fingerprint density at radius 1 is 0.812 bits per heavy atom. The molecule has 0 aromatic rings. The van der Waals surface area contributed by atoms with Crippen LogP contribution in [-0.4, -0.2) is 38.5 Å². The van der Waals surface area contributed by atoms with Crippen molar-refractivity contribution in [3.8, 4) is 0 Å². The third kappa shape index (κ3) is 37.1. The summed E-state index contributed by atoms with van der Waals surface area (Å²) >= 11 is 0. The highest BCUT2D eigenvalue weighted by Gasteiger charge is 1.84. The summed E-state index contributed by atoms with van der Waals surface area (Å²) in [5.74, 6) is 0. The van der Waals surface area contributed by atoms with E-state index in [1.54, 1.807) is 0 Å². The molecular weight excluding hydrogens is 202 g/mol. The van der Waals surface area contributed by atoms with Crippen LogP contribution in [0.5, 0.6) is 0 Å². The fourth-order valence-corrected chi connectivity index (χ4v) is 0.845. The molecule has 0 amide bonds. The zero-order valence-electron chi connectivity index (χ0n) is 12.0. The van der Waals surface area contributed by atoms with Crippen LogP contribution in [0.25, 0.3) is 0 Å². The monoisotopic (exact) mass is 235 g/mol. The molecule has 0 aromatic carbocycles. The molecule has 102 valence electrons. The van der Waals surface area contributed by atoms with Crippen molar-refractivity contribution in [3.63, 3.8) is 0 Å². The molecule has 0 unspecified atom stereocenters. The van der Waals surface area contributed by atoms with Gasteiger partial charge in [0, 0.05) is 20.3 Å². The molecule has 0 atom stereocenters. The highest BCUT2D eigenvalue weighted by molar-refractivity contribution is 4.33. The number of rotatable bonds is 8. The number of aliphatic hydroxyl groups is 1. The predicted octanol–water partition coefficient (Wildman–Crippen LogP) is 2.83. The third-order valence-electron chi connectivity index (χ3n) is 1.78. The van der Waals surface area contributed by atoms with E-state index in [-0.39, 0.29) is 0 Å². The van der Waals surface area contributed by atoms with E-state index >= 15 is 0 Å². The smallest absolute Gasteiger partial charge is 0.0465 e. The summed E-state index contributed by atoms with van der Waals surface area (Å²) in [7, 11) is 1.00. The fourth-order valence-electron chi connectivity index (χ4n) is 0.845. The molecular formula is C13H33NO2. The van der Waals surface area contributed by atoms with Crippen LogP contribution in [0.2, 0.25) is 0 Å². The summed E-state index contributed by atoms with van der Waals surface area (Å²) in [5.41, 5.74) is 0. The first-order valence-electron chi connectivity index (χ1n) is 6.56. The lowest BCUT2D eigenvalue weighted by Crippen LogP contribution is -2.09. The molecule has 0 aliphatic heterocycles. The van der Waals surface area contributed by atoms with E-state index in [0.29, 0.717) is 0 Å². The maximum absolute atomic E-state index is 7.00. The van der Waals surface area contributed by atoms with Gasteiger partial charge in [0.1, 0.15) is 0 Å². The van der Waals surface area contributed by atoms with Gasteiger partial charge in [-0.2, -0.15) is 0 Å². The molecule has 0 bridgehead atoms. The molecule has 0 spiro atoms. The van der Waals surface area contributed by atoms with Gasteiger partial charge in [0.25, 0.3) is 0 Å². The number of unbranched alkanes of at least 4 members (excludes halogenated alkanes) is 2. The van der Waals surface area contributed by atoms with Crippen LogP contribution in [0.1, 0.15) is 53.4 Å². The number of ether oxygens (including phenoxy) is 1. The second-order valence-electron chi connectivity index (χ2n) is 3.28. The number of aliphatic hydroxyl groups excluding tert-OH is 1. The number of hydrogen-bond acceptors (Lipinski definition) is 3. The van der Waals surface area contributed by atoms with Gasteiger partial charge in [0.15, 0.2) is 0 Å². The molecule has 0 aromatic heterocycles. The molecule has 0 radical (unpaired) electrons. The van der Waals surface area contributed by atoms with Crippen LogP contribution in [-0.2, 0) is 4.74 Å². The molecule has 16 heavy (non-hydrogen) atoms. The maximum atomic E-state index is 7.00. The van der Waals surface area contributed by atoms with E-state index in [0.717, 1.165) is 33.4 Å². The minimum absolute atomic E-state index is 0.955. The van der Waals surface area contributed by atoms with Crippen LogP contribution in [0.3, 0.4) is 0 Å². The second kappa shape index (κ2) is 29.4. The molecule has 0 heterocycles. The lowest BCUT2D eigenvalue weighted by Gasteiger charge is -1.99. The van der Waals surface area contributed by atoms with E-state index in [2.05, 4.69) is 33.0 Å². The van der Waals surface area contributed by atoms with Crippen LogP contribution in [0.4, 0.5) is 0 Å². The highest BCUT2D eigenvalue weighted by Crippen LogP contribution is 1.91. The first-order valence-corrected chi connectivity index (χ1v) is 6.56. The van der Waals surface area contributed by atoms with E-state index in [9.17, 15) is 0 Å². The minimum Gasteiger partial charge on any atom is -0.400 e. The Hall–Kier alpha value is -0.120. The summed E-state index contributed by atoms with van der Waals surface area (Å²) in [5, 5.41) is 10.1. The Kier molecular flexibility index (Phi) is 38.9. The lowest BCUT2D eigenvalue weighted by atomic mass is 10.3. The first-order chi connectivity index (χ1) is 7.83. The van der Waals surface area contributed by atoms with Crippen LogP contribution in [0, 0.1) is 0 Å². The summed E-state index contributed by atoms with van der Waals surface area (Å²) in [4.78, 5) is 0. The average molecular weight is 235 g/mol. The summed E-state index contributed by atoms with van der Waals surface area (Å²) in [6, 6.07) is 0. The highest BCUT2D eigenvalue weighted by atomic mass is 16.5. The van der Waals surface area contributed by atoms with Crippen molar-refractivity contribution in [1.82, 2.24) is 5.32 Å². The predicted molar refractivity (Wildman–Crippen MR) is 73.0 cm³/mol. The summed E-state index contributed by atoms with van der Waals surface area (Å²) < 4.78 is 5.31. The molecule has 0 saturated heterocycles.